The van der Waals surface area contributed by atoms with Gasteiger partial charge in [0, 0.05) is 51.3 Å². The number of hydrogen-bond donors (Lipinski definition) is 1. The minimum absolute atomic E-state index is 0.106. The van der Waals surface area contributed by atoms with Crippen LogP contribution in [0.1, 0.15) is 32.6 Å². The molecule has 1 aliphatic carbocycles. The third kappa shape index (κ3) is 5.88. The molecule has 1 aliphatic heterocycles. The fraction of sp³-hybridized carbons (Fsp3) is 0.619. The van der Waals surface area contributed by atoms with Crippen LogP contribution >= 0.6 is 0 Å². The molecule has 2 fully saturated rings. The largest absolute Gasteiger partial charge is 0.481 e. The fourth-order valence-corrected chi connectivity index (χ4v) is 3.91. The van der Waals surface area contributed by atoms with Gasteiger partial charge in [-0.1, -0.05) is 12.8 Å². The number of hydrogen-bond acceptors (Lipinski definition) is 4. The molecule has 8 heteroatoms. The summed E-state index contributed by atoms with van der Waals surface area (Å²) in [7, 11) is 0. The van der Waals surface area contributed by atoms with E-state index in [1.165, 1.54) is 6.07 Å². The number of nitrogens with one attached hydrogen (secondary N) is 1. The molecule has 0 spiro atoms. The van der Waals surface area contributed by atoms with Crippen molar-refractivity contribution >= 4 is 11.8 Å². The van der Waals surface area contributed by atoms with E-state index in [-0.39, 0.29) is 17.6 Å². The van der Waals surface area contributed by atoms with Crippen LogP contribution < -0.4 is 10.1 Å². The van der Waals surface area contributed by atoms with Gasteiger partial charge < -0.3 is 15.0 Å². The highest BCUT2D eigenvalue weighted by Gasteiger charge is 2.29. The van der Waals surface area contributed by atoms with Crippen LogP contribution in [0.2, 0.25) is 0 Å². The lowest BCUT2D eigenvalue weighted by molar-refractivity contribution is -0.137. The van der Waals surface area contributed by atoms with E-state index >= 15 is 0 Å². The monoisotopic (exact) mass is 409 g/mol. The maximum absolute atomic E-state index is 13.2. The van der Waals surface area contributed by atoms with E-state index in [4.69, 9.17) is 4.74 Å². The SMILES string of the molecule is CC(Oc1ccc(F)c(F)c1)C(=O)NCCN1CCN(C(=O)C2CCCC2)CC1. The minimum atomic E-state index is -1.01. The van der Waals surface area contributed by atoms with Gasteiger partial charge in [-0.3, -0.25) is 14.5 Å². The van der Waals surface area contributed by atoms with Crippen LogP contribution in [0.5, 0.6) is 5.75 Å². The number of amides is 2. The molecule has 1 atom stereocenters. The van der Waals surface area contributed by atoms with Gasteiger partial charge in [0.2, 0.25) is 5.91 Å². The van der Waals surface area contributed by atoms with Crippen LogP contribution in [0, 0.1) is 17.6 Å². The maximum atomic E-state index is 13.2. The van der Waals surface area contributed by atoms with E-state index in [1.807, 2.05) is 4.90 Å². The Morgan fingerprint density at radius 2 is 1.83 bits per heavy atom. The summed E-state index contributed by atoms with van der Waals surface area (Å²) in [5.74, 6) is -1.66. The standard InChI is InChI=1S/C21H29F2N3O3/c1-15(29-17-6-7-18(22)19(23)14-17)20(27)24-8-9-25-10-12-26(13-11-25)21(28)16-4-2-3-5-16/h6-7,14-16H,2-5,8-13H2,1H3,(H,24,27). The first-order valence-corrected chi connectivity index (χ1v) is 10.3. The van der Waals surface area contributed by atoms with E-state index < -0.39 is 17.7 Å². The second kappa shape index (κ2) is 10.0. The van der Waals surface area contributed by atoms with Crippen LogP contribution in [0.4, 0.5) is 8.78 Å². The zero-order valence-electron chi connectivity index (χ0n) is 16.8. The molecule has 1 N–H and O–H groups in total. The normalized spacial score (nSPS) is 19.2. The van der Waals surface area contributed by atoms with Gasteiger partial charge in [-0.25, -0.2) is 8.78 Å². The second-order valence-corrected chi connectivity index (χ2v) is 7.78. The number of carbonyl (C=O) groups excluding carboxylic acids is 2. The van der Waals surface area contributed by atoms with E-state index in [9.17, 15) is 18.4 Å². The summed E-state index contributed by atoms with van der Waals surface area (Å²) in [5.41, 5.74) is 0. The third-order valence-electron chi connectivity index (χ3n) is 5.69. The molecule has 2 amide bonds. The van der Waals surface area contributed by atoms with Crippen molar-refractivity contribution in [2.24, 2.45) is 5.92 Å². The van der Waals surface area contributed by atoms with Crippen LogP contribution in [0.3, 0.4) is 0 Å². The molecule has 1 aromatic rings. The highest BCUT2D eigenvalue weighted by molar-refractivity contribution is 5.80. The van der Waals surface area contributed by atoms with Crippen LogP contribution in [0.25, 0.3) is 0 Å². The van der Waals surface area contributed by atoms with Crippen molar-refractivity contribution in [2.45, 2.75) is 38.7 Å². The Morgan fingerprint density at radius 3 is 2.48 bits per heavy atom. The highest BCUT2D eigenvalue weighted by Crippen LogP contribution is 2.26. The zero-order chi connectivity index (χ0) is 20.8. The maximum Gasteiger partial charge on any atom is 0.260 e. The number of nitrogens with zero attached hydrogens (tertiary/aromatic N) is 2. The lowest BCUT2D eigenvalue weighted by atomic mass is 10.1. The van der Waals surface area contributed by atoms with Gasteiger partial charge in [0.25, 0.3) is 5.91 Å². The summed E-state index contributed by atoms with van der Waals surface area (Å²) < 4.78 is 31.5. The van der Waals surface area contributed by atoms with Gasteiger partial charge in [-0.15, -0.1) is 0 Å². The molecule has 1 heterocycles. The zero-order valence-corrected chi connectivity index (χ0v) is 16.8. The molecule has 1 aromatic carbocycles. The van der Waals surface area contributed by atoms with Crippen LogP contribution in [-0.2, 0) is 9.59 Å². The first kappa shape index (κ1) is 21.5. The number of piperazine rings is 1. The van der Waals surface area contributed by atoms with Crippen molar-refractivity contribution in [1.82, 2.24) is 15.1 Å². The fourth-order valence-electron chi connectivity index (χ4n) is 3.91. The van der Waals surface area contributed by atoms with Gasteiger partial charge in [0.15, 0.2) is 17.7 Å². The van der Waals surface area contributed by atoms with Gasteiger partial charge in [0.1, 0.15) is 5.75 Å². The molecule has 29 heavy (non-hydrogen) atoms. The summed E-state index contributed by atoms with van der Waals surface area (Å²) in [6.07, 6.45) is 3.55. The van der Waals surface area contributed by atoms with Crippen molar-refractivity contribution in [1.29, 1.82) is 0 Å². The molecular formula is C21H29F2N3O3. The second-order valence-electron chi connectivity index (χ2n) is 7.78. The molecule has 160 valence electrons. The van der Waals surface area contributed by atoms with Crippen molar-refractivity contribution in [3.63, 3.8) is 0 Å². The summed E-state index contributed by atoms with van der Waals surface area (Å²) in [5, 5.41) is 2.80. The number of ether oxygens (including phenoxy) is 1. The Morgan fingerprint density at radius 1 is 1.14 bits per heavy atom. The number of halogens is 2. The molecule has 2 aliphatic rings. The van der Waals surface area contributed by atoms with Crippen molar-refractivity contribution < 1.29 is 23.1 Å². The van der Waals surface area contributed by atoms with Crippen LogP contribution in [0.15, 0.2) is 18.2 Å². The Balaban J connectivity index is 1.34. The lowest BCUT2D eigenvalue weighted by Crippen LogP contribution is -2.51. The summed E-state index contributed by atoms with van der Waals surface area (Å²) in [4.78, 5) is 28.8. The van der Waals surface area contributed by atoms with E-state index in [0.29, 0.717) is 19.0 Å². The smallest absolute Gasteiger partial charge is 0.260 e. The molecule has 1 saturated carbocycles. The molecular weight excluding hydrogens is 380 g/mol. The Hall–Kier alpha value is -2.22. The molecule has 0 radical (unpaired) electrons. The average Bonchev–Trinajstić information content (AvgIpc) is 3.25. The Bertz CT molecular complexity index is 717. The van der Waals surface area contributed by atoms with Gasteiger partial charge in [-0.05, 0) is 31.9 Å². The minimum Gasteiger partial charge on any atom is -0.481 e. The predicted molar refractivity (Wildman–Crippen MR) is 104 cm³/mol. The summed E-state index contributed by atoms with van der Waals surface area (Å²) in [6.45, 7) is 5.78. The predicted octanol–water partition coefficient (Wildman–Crippen LogP) is 2.18. The Kier molecular flexibility index (Phi) is 7.41. The van der Waals surface area contributed by atoms with Crippen LogP contribution in [-0.4, -0.2) is 67.0 Å². The van der Waals surface area contributed by atoms with Crippen molar-refractivity contribution in [3.8, 4) is 5.75 Å². The average molecular weight is 409 g/mol. The lowest BCUT2D eigenvalue weighted by Gasteiger charge is -2.36. The van der Waals surface area contributed by atoms with Gasteiger partial charge >= 0.3 is 0 Å². The number of rotatable bonds is 7. The van der Waals surface area contributed by atoms with E-state index in [2.05, 4.69) is 10.2 Å². The third-order valence-corrected chi connectivity index (χ3v) is 5.69. The van der Waals surface area contributed by atoms with Gasteiger partial charge in [0.05, 0.1) is 0 Å². The van der Waals surface area contributed by atoms with Gasteiger partial charge in [-0.2, -0.15) is 0 Å². The quantitative estimate of drug-likeness (QED) is 0.750. The molecule has 6 nitrogen and oxygen atoms in total. The molecule has 0 bridgehead atoms. The first-order valence-electron chi connectivity index (χ1n) is 10.3. The molecule has 1 unspecified atom stereocenters. The number of benzene rings is 1. The van der Waals surface area contributed by atoms with Crippen molar-refractivity contribution in [3.05, 3.63) is 29.8 Å². The first-order chi connectivity index (χ1) is 13.9. The van der Waals surface area contributed by atoms with E-state index in [1.54, 1.807) is 6.92 Å². The summed E-state index contributed by atoms with van der Waals surface area (Å²) in [6, 6.07) is 3.17. The summed E-state index contributed by atoms with van der Waals surface area (Å²) >= 11 is 0. The number of carbonyl (C=O) groups is 2. The van der Waals surface area contributed by atoms with Crippen molar-refractivity contribution in [2.75, 3.05) is 39.3 Å². The molecule has 1 saturated heterocycles. The molecule has 3 rings (SSSR count). The molecule has 0 aromatic heterocycles. The Labute approximate surface area is 170 Å². The highest BCUT2D eigenvalue weighted by atomic mass is 19.2. The topological polar surface area (TPSA) is 61.9 Å². The van der Waals surface area contributed by atoms with E-state index in [0.717, 1.165) is 64.0 Å².